The number of rotatable bonds is 0. The number of likely N-dealkylation sites (tertiary alicyclic amines) is 1. The molecule has 0 radical (unpaired) electrons. The summed E-state index contributed by atoms with van der Waals surface area (Å²) in [5.74, 6) is 0.943. The minimum Gasteiger partial charge on any atom is -0.444 e. The molecule has 4 rings (SSSR count). The summed E-state index contributed by atoms with van der Waals surface area (Å²) in [6.45, 7) is 9.51. The Morgan fingerprint density at radius 2 is 2.04 bits per heavy atom. The van der Waals surface area contributed by atoms with Crippen LogP contribution in [0, 0.1) is 5.92 Å². The lowest BCUT2D eigenvalue weighted by Crippen LogP contribution is -2.37. The van der Waals surface area contributed by atoms with Gasteiger partial charge in [0.15, 0.2) is 0 Å². The van der Waals surface area contributed by atoms with Crippen molar-refractivity contribution in [2.24, 2.45) is 5.92 Å². The van der Waals surface area contributed by atoms with Crippen LogP contribution in [0.1, 0.15) is 37.8 Å². The molecule has 0 spiro atoms. The molecular weight excluding hydrogens is 356 g/mol. The molecule has 2 unspecified atom stereocenters. The summed E-state index contributed by atoms with van der Waals surface area (Å²) in [7, 11) is 0. The van der Waals surface area contributed by atoms with E-state index >= 15 is 0 Å². The minimum atomic E-state index is -0.434. The second-order valence-corrected chi connectivity index (χ2v) is 8.87. The number of halogens is 1. The van der Waals surface area contributed by atoms with Crippen LogP contribution >= 0.6 is 15.9 Å². The normalized spacial score (nSPS) is 25.4. The topological polar surface area (TPSA) is 32.8 Å². The molecule has 0 aromatic heterocycles. The highest BCUT2D eigenvalue weighted by Gasteiger charge is 2.44. The van der Waals surface area contributed by atoms with E-state index in [0.717, 1.165) is 37.1 Å². The van der Waals surface area contributed by atoms with Crippen LogP contribution in [-0.4, -0.2) is 42.8 Å². The molecule has 124 valence electrons. The Labute approximate surface area is 145 Å². The van der Waals surface area contributed by atoms with Gasteiger partial charge in [-0.25, -0.2) is 4.79 Å². The van der Waals surface area contributed by atoms with E-state index in [1.165, 1.54) is 16.8 Å². The Balaban J connectivity index is 1.62. The molecule has 1 saturated heterocycles. The molecule has 2 atom stereocenters. The number of nitrogens with zero attached hydrogens (tertiary/aromatic N) is 2. The highest BCUT2D eigenvalue weighted by molar-refractivity contribution is 9.10. The standard InChI is InChI=1S/C18H23BrN2O2/c1-18(2,3)23-17(22)21-9-12-8-20-5-4-11-6-13(19)7-14(16(11)20)15(12)10-21/h6-7,12,15H,4-5,8-10H2,1-3H3. The predicted molar refractivity (Wildman–Crippen MR) is 94.1 cm³/mol. The lowest BCUT2D eigenvalue weighted by Gasteiger charge is -2.35. The lowest BCUT2D eigenvalue weighted by molar-refractivity contribution is 0.0287. The molecule has 0 bridgehead atoms. The maximum atomic E-state index is 12.4. The van der Waals surface area contributed by atoms with Gasteiger partial charge in [0, 0.05) is 48.2 Å². The van der Waals surface area contributed by atoms with Gasteiger partial charge in [0.2, 0.25) is 0 Å². The Hall–Kier alpha value is -1.23. The van der Waals surface area contributed by atoms with Gasteiger partial charge in [-0.2, -0.15) is 0 Å². The van der Waals surface area contributed by atoms with E-state index in [4.69, 9.17) is 4.74 Å². The number of benzene rings is 1. The summed E-state index contributed by atoms with van der Waals surface area (Å²) < 4.78 is 6.72. The van der Waals surface area contributed by atoms with Crippen LogP contribution in [0.2, 0.25) is 0 Å². The fourth-order valence-electron chi connectivity index (χ4n) is 4.25. The summed E-state index contributed by atoms with van der Waals surface area (Å²) in [6, 6.07) is 4.51. The van der Waals surface area contributed by atoms with Crippen molar-refractivity contribution < 1.29 is 9.53 Å². The van der Waals surface area contributed by atoms with Crippen molar-refractivity contribution in [2.45, 2.75) is 38.7 Å². The molecule has 3 aliphatic heterocycles. The number of anilines is 1. The van der Waals surface area contributed by atoms with Crippen LogP contribution in [0.4, 0.5) is 10.5 Å². The Bertz CT molecular complexity index is 668. The van der Waals surface area contributed by atoms with E-state index in [2.05, 4.69) is 33.0 Å². The number of hydrogen-bond acceptors (Lipinski definition) is 3. The first-order chi connectivity index (χ1) is 10.8. The fraction of sp³-hybridized carbons (Fsp3) is 0.611. The minimum absolute atomic E-state index is 0.174. The predicted octanol–water partition coefficient (Wildman–Crippen LogP) is 3.78. The van der Waals surface area contributed by atoms with Crippen molar-refractivity contribution in [1.29, 1.82) is 0 Å². The molecule has 1 fully saturated rings. The first-order valence-electron chi connectivity index (χ1n) is 8.37. The summed E-state index contributed by atoms with van der Waals surface area (Å²) in [6.07, 6.45) is 0.962. The van der Waals surface area contributed by atoms with E-state index in [9.17, 15) is 4.79 Å². The largest absolute Gasteiger partial charge is 0.444 e. The molecule has 1 amide bonds. The fourth-order valence-corrected chi connectivity index (χ4v) is 4.78. The van der Waals surface area contributed by atoms with E-state index in [-0.39, 0.29) is 6.09 Å². The highest BCUT2D eigenvalue weighted by Crippen LogP contribution is 2.48. The molecule has 3 aliphatic rings. The SMILES string of the molecule is CC(C)(C)OC(=O)N1CC2CN3CCc4cc(Br)cc(c43)C2C1. The van der Waals surface area contributed by atoms with Crippen molar-refractivity contribution in [1.82, 2.24) is 4.90 Å². The Morgan fingerprint density at radius 1 is 1.26 bits per heavy atom. The lowest BCUT2D eigenvalue weighted by atomic mass is 9.83. The monoisotopic (exact) mass is 378 g/mol. The number of carbonyl (C=O) groups is 1. The zero-order chi connectivity index (χ0) is 16.4. The number of hydrogen-bond donors (Lipinski definition) is 0. The van der Waals surface area contributed by atoms with Gasteiger partial charge < -0.3 is 14.5 Å². The summed E-state index contributed by atoms with van der Waals surface area (Å²) in [4.78, 5) is 16.8. The maximum absolute atomic E-state index is 12.4. The number of ether oxygens (including phenoxy) is 1. The summed E-state index contributed by atoms with van der Waals surface area (Å²) >= 11 is 3.66. The van der Waals surface area contributed by atoms with Crippen molar-refractivity contribution in [3.8, 4) is 0 Å². The smallest absolute Gasteiger partial charge is 0.410 e. The second-order valence-electron chi connectivity index (χ2n) is 7.95. The van der Waals surface area contributed by atoms with Crippen molar-refractivity contribution >= 4 is 27.7 Å². The van der Waals surface area contributed by atoms with Crippen LogP contribution in [0.15, 0.2) is 16.6 Å². The summed E-state index contributed by atoms with van der Waals surface area (Å²) in [5.41, 5.74) is 3.86. The molecule has 1 aromatic rings. The van der Waals surface area contributed by atoms with Gasteiger partial charge in [-0.05, 0) is 50.5 Å². The quantitative estimate of drug-likeness (QED) is 0.688. The third-order valence-corrected chi connectivity index (χ3v) is 5.56. The number of fused-ring (bicyclic) bond motifs is 2. The van der Waals surface area contributed by atoms with Gasteiger partial charge in [0.05, 0.1) is 0 Å². The van der Waals surface area contributed by atoms with Crippen molar-refractivity contribution in [2.75, 3.05) is 31.1 Å². The molecule has 3 heterocycles. The van der Waals surface area contributed by atoms with E-state index in [1.54, 1.807) is 0 Å². The molecular formula is C18H23BrN2O2. The zero-order valence-electron chi connectivity index (χ0n) is 13.9. The van der Waals surface area contributed by atoms with Crippen LogP contribution < -0.4 is 4.90 Å². The first-order valence-corrected chi connectivity index (χ1v) is 9.16. The van der Waals surface area contributed by atoms with E-state index in [1.807, 2.05) is 25.7 Å². The Morgan fingerprint density at radius 3 is 2.78 bits per heavy atom. The van der Waals surface area contributed by atoms with Gasteiger partial charge in [-0.15, -0.1) is 0 Å². The van der Waals surface area contributed by atoms with Crippen LogP contribution in [0.5, 0.6) is 0 Å². The van der Waals surface area contributed by atoms with Crippen LogP contribution in [0.3, 0.4) is 0 Å². The van der Waals surface area contributed by atoms with Gasteiger partial charge in [0.1, 0.15) is 5.60 Å². The third kappa shape index (κ3) is 2.63. The van der Waals surface area contributed by atoms with Crippen molar-refractivity contribution in [3.05, 3.63) is 27.7 Å². The number of carbonyl (C=O) groups excluding carboxylic acids is 1. The molecule has 0 N–H and O–H groups in total. The van der Waals surface area contributed by atoms with E-state index in [0.29, 0.717) is 11.8 Å². The molecule has 0 aliphatic carbocycles. The van der Waals surface area contributed by atoms with Crippen molar-refractivity contribution in [3.63, 3.8) is 0 Å². The maximum Gasteiger partial charge on any atom is 0.410 e. The molecule has 23 heavy (non-hydrogen) atoms. The third-order valence-electron chi connectivity index (χ3n) is 5.10. The molecule has 5 heteroatoms. The van der Waals surface area contributed by atoms with Gasteiger partial charge in [-0.1, -0.05) is 15.9 Å². The second kappa shape index (κ2) is 5.13. The van der Waals surface area contributed by atoms with Crippen LogP contribution in [0.25, 0.3) is 0 Å². The highest BCUT2D eigenvalue weighted by atomic mass is 79.9. The van der Waals surface area contributed by atoms with Gasteiger partial charge in [-0.3, -0.25) is 0 Å². The first kappa shape index (κ1) is 15.3. The molecule has 1 aromatic carbocycles. The van der Waals surface area contributed by atoms with Gasteiger partial charge in [0.25, 0.3) is 0 Å². The number of amides is 1. The Kier molecular flexibility index (Phi) is 3.42. The molecule has 0 saturated carbocycles. The average molecular weight is 379 g/mol. The average Bonchev–Trinajstić information content (AvgIpc) is 3.02. The molecule has 4 nitrogen and oxygen atoms in total. The van der Waals surface area contributed by atoms with Crippen LogP contribution in [-0.2, 0) is 11.2 Å². The van der Waals surface area contributed by atoms with E-state index < -0.39 is 5.60 Å². The summed E-state index contributed by atoms with van der Waals surface area (Å²) in [5, 5.41) is 0. The zero-order valence-corrected chi connectivity index (χ0v) is 15.5. The van der Waals surface area contributed by atoms with Gasteiger partial charge >= 0.3 is 6.09 Å².